The normalized spacial score (nSPS) is 16.5. The molecule has 0 aromatic heterocycles. The van der Waals surface area contributed by atoms with Gasteiger partial charge >= 0.3 is 12.1 Å². The van der Waals surface area contributed by atoms with E-state index in [0.717, 1.165) is 0 Å². The molecule has 1 aliphatic rings. The highest BCUT2D eigenvalue weighted by molar-refractivity contribution is 6.33. The summed E-state index contributed by atoms with van der Waals surface area (Å²) in [4.78, 5) is 34.9. The molecule has 2 atom stereocenters. The third kappa shape index (κ3) is 7.35. The molecule has 2 aromatic carbocycles. The smallest absolute Gasteiger partial charge is 0.455 e. The van der Waals surface area contributed by atoms with Crippen LogP contribution in [0.3, 0.4) is 0 Å². The van der Waals surface area contributed by atoms with Gasteiger partial charge in [-0.05, 0) is 54.3 Å². The van der Waals surface area contributed by atoms with Gasteiger partial charge in [0.25, 0.3) is 5.91 Å². The van der Waals surface area contributed by atoms with E-state index in [9.17, 15) is 46.5 Å². The van der Waals surface area contributed by atoms with E-state index >= 15 is 0 Å². The topological polar surface area (TPSA) is 133 Å². The zero-order valence-corrected chi connectivity index (χ0v) is 20.9. The third-order valence-electron chi connectivity index (χ3n) is 6.36. The van der Waals surface area contributed by atoms with Gasteiger partial charge in [-0.25, -0.2) is 0 Å². The van der Waals surface area contributed by atoms with Crippen LogP contribution in [0, 0.1) is 5.92 Å². The van der Waals surface area contributed by atoms with Gasteiger partial charge in [-0.1, -0.05) is 29.8 Å². The van der Waals surface area contributed by atoms with Crippen LogP contribution in [0.15, 0.2) is 36.4 Å². The van der Waals surface area contributed by atoms with Crippen molar-refractivity contribution < 1.29 is 46.5 Å². The minimum Gasteiger partial charge on any atom is -0.550 e. The van der Waals surface area contributed by atoms with E-state index in [2.05, 4.69) is 10.6 Å². The van der Waals surface area contributed by atoms with E-state index in [1.165, 1.54) is 24.3 Å². The second-order valence-electron chi connectivity index (χ2n) is 8.99. The van der Waals surface area contributed by atoms with E-state index in [4.69, 9.17) is 11.6 Å². The number of alkyl halides is 5. The monoisotopic (exact) mass is 575 g/mol. The van der Waals surface area contributed by atoms with Crippen molar-refractivity contribution in [3.8, 4) is 0 Å². The Labute approximate surface area is 224 Å². The number of halogens is 6. The molecule has 1 aliphatic heterocycles. The molecular weight excluding hydrogens is 553 g/mol. The predicted octanol–water partition coefficient (Wildman–Crippen LogP) is 1.61. The van der Waals surface area contributed by atoms with Gasteiger partial charge in [-0.3, -0.25) is 4.79 Å². The number of hydrogen-bond acceptors (Lipinski definition) is 7. The minimum absolute atomic E-state index is 0.126. The van der Waals surface area contributed by atoms with Crippen LogP contribution in [0.25, 0.3) is 0 Å². The predicted molar refractivity (Wildman–Crippen MR) is 126 cm³/mol. The highest BCUT2D eigenvalue weighted by atomic mass is 35.5. The van der Waals surface area contributed by atoms with Crippen LogP contribution in [0.5, 0.6) is 0 Å². The van der Waals surface area contributed by atoms with Crippen molar-refractivity contribution in [2.75, 3.05) is 25.0 Å². The maximum absolute atomic E-state index is 13.1. The van der Waals surface area contributed by atoms with E-state index in [1.54, 1.807) is 17.4 Å². The number of nitrogens with one attached hydrogen (secondary N) is 3. The summed E-state index contributed by atoms with van der Waals surface area (Å²) in [5.74, 6) is -11.3. The van der Waals surface area contributed by atoms with E-state index in [0.29, 0.717) is 40.4 Å². The lowest BCUT2D eigenvalue weighted by Gasteiger charge is -2.30. The molecule has 8 nitrogen and oxygen atoms in total. The van der Waals surface area contributed by atoms with Crippen LogP contribution in [-0.2, 0) is 22.6 Å². The van der Waals surface area contributed by atoms with Crippen LogP contribution in [0.1, 0.15) is 39.4 Å². The van der Waals surface area contributed by atoms with Gasteiger partial charge in [0.2, 0.25) is 0 Å². The first-order chi connectivity index (χ1) is 18.2. The number of carboxylic acids is 2. The Balaban J connectivity index is 1.75. The number of rotatable bonds is 10. The fourth-order valence-corrected chi connectivity index (χ4v) is 4.55. The SMILES string of the molecule is O=C([O-])CC(C(=O)[O-])C1CNCCc2c1ccc(Cl)c2NCc1ccc(C(=O)NCC(F)(F)C(F)(F)F)cc1. The molecule has 2 aromatic rings. The fourth-order valence-electron chi connectivity index (χ4n) is 4.31. The average Bonchev–Trinajstić information content (AvgIpc) is 3.07. The third-order valence-corrected chi connectivity index (χ3v) is 6.67. The lowest BCUT2D eigenvalue weighted by molar-refractivity contribution is -0.321. The highest BCUT2D eigenvalue weighted by Gasteiger charge is 2.57. The number of fused-ring (bicyclic) bond motifs is 1. The molecule has 2 unspecified atom stereocenters. The van der Waals surface area contributed by atoms with Crippen molar-refractivity contribution in [2.45, 2.75) is 37.4 Å². The number of carboxylic acid groups (broad SMARTS) is 2. The maximum Gasteiger partial charge on any atom is 0.455 e. The Morgan fingerprint density at radius 2 is 1.72 bits per heavy atom. The van der Waals surface area contributed by atoms with Crippen LogP contribution >= 0.6 is 11.6 Å². The van der Waals surface area contributed by atoms with Crippen molar-refractivity contribution in [2.24, 2.45) is 5.92 Å². The summed E-state index contributed by atoms with van der Waals surface area (Å²) in [5.41, 5.74) is 2.24. The zero-order chi connectivity index (χ0) is 29.0. The van der Waals surface area contributed by atoms with E-state index in [-0.39, 0.29) is 18.7 Å². The summed E-state index contributed by atoms with van der Waals surface area (Å²) in [6.07, 6.45) is -6.07. The summed E-state index contributed by atoms with van der Waals surface area (Å²) >= 11 is 6.42. The van der Waals surface area contributed by atoms with Gasteiger partial charge in [-0.15, -0.1) is 0 Å². The summed E-state index contributed by atoms with van der Waals surface area (Å²) in [5, 5.41) is 31.0. The first-order valence-corrected chi connectivity index (χ1v) is 12.1. The van der Waals surface area contributed by atoms with Gasteiger partial charge in [0, 0.05) is 42.4 Å². The summed E-state index contributed by atoms with van der Waals surface area (Å²) < 4.78 is 63.0. The van der Waals surface area contributed by atoms with Gasteiger partial charge in [0.05, 0.1) is 17.3 Å². The first kappa shape index (κ1) is 30.1. The molecule has 0 fully saturated rings. The van der Waals surface area contributed by atoms with Crippen molar-refractivity contribution in [3.63, 3.8) is 0 Å². The molecule has 3 rings (SSSR count). The second-order valence-corrected chi connectivity index (χ2v) is 9.40. The molecule has 0 aliphatic carbocycles. The van der Waals surface area contributed by atoms with Gasteiger partial charge in [0.1, 0.15) is 0 Å². The standard InChI is InChI=1S/C25H25ClF5N3O5/c26-19-6-5-15-16(7-8-32-11-18(15)17(23(38)39)9-20(35)36)21(19)33-10-13-1-3-14(4-2-13)22(37)34-12-24(27,28)25(29,30)31/h1-6,17-18,32-33H,7-12H2,(H,34,37)(H,35,36)(H,38,39)/p-2. The van der Waals surface area contributed by atoms with E-state index in [1.807, 2.05) is 0 Å². The van der Waals surface area contributed by atoms with Gasteiger partial charge < -0.3 is 35.8 Å². The number of amides is 1. The molecule has 0 saturated carbocycles. The molecule has 0 saturated heterocycles. The lowest BCUT2D eigenvalue weighted by atomic mass is 9.81. The number of benzene rings is 2. The molecule has 212 valence electrons. The van der Waals surface area contributed by atoms with Crippen LogP contribution in [-0.4, -0.2) is 49.6 Å². The first-order valence-electron chi connectivity index (χ1n) is 11.7. The van der Waals surface area contributed by atoms with Crippen LogP contribution in [0.4, 0.5) is 27.6 Å². The Hall–Kier alpha value is -3.45. The van der Waals surface area contributed by atoms with Crippen molar-refractivity contribution in [3.05, 3.63) is 63.7 Å². The van der Waals surface area contributed by atoms with E-state index < -0.39 is 54.7 Å². The maximum atomic E-state index is 13.1. The Morgan fingerprint density at radius 3 is 2.31 bits per heavy atom. The summed E-state index contributed by atoms with van der Waals surface area (Å²) in [6.45, 7) is -1.08. The number of anilines is 1. The molecule has 1 amide bonds. The number of aliphatic carboxylic acids is 2. The number of carbonyl (C=O) groups excluding carboxylic acids is 3. The van der Waals surface area contributed by atoms with Gasteiger partial charge in [0.15, 0.2) is 0 Å². The molecule has 0 radical (unpaired) electrons. The summed E-state index contributed by atoms with van der Waals surface area (Å²) in [6, 6.07) is 8.65. The van der Waals surface area contributed by atoms with Crippen molar-refractivity contribution >= 4 is 35.1 Å². The fraction of sp³-hybridized carbons (Fsp3) is 0.400. The van der Waals surface area contributed by atoms with Crippen molar-refractivity contribution in [1.29, 1.82) is 0 Å². The zero-order valence-electron chi connectivity index (χ0n) is 20.2. The molecule has 14 heteroatoms. The molecule has 0 bridgehead atoms. The Bertz CT molecular complexity index is 1220. The molecule has 39 heavy (non-hydrogen) atoms. The minimum atomic E-state index is -5.79. The van der Waals surface area contributed by atoms with Gasteiger partial charge in [-0.2, -0.15) is 22.0 Å². The van der Waals surface area contributed by atoms with Crippen molar-refractivity contribution in [1.82, 2.24) is 10.6 Å². The Morgan fingerprint density at radius 1 is 1.05 bits per heavy atom. The number of hydrogen-bond donors (Lipinski definition) is 3. The molecule has 3 N–H and O–H groups in total. The molecule has 1 heterocycles. The Kier molecular flexibility index (Phi) is 9.38. The highest BCUT2D eigenvalue weighted by Crippen LogP contribution is 2.38. The largest absolute Gasteiger partial charge is 0.550 e. The van der Waals surface area contributed by atoms with Crippen LogP contribution in [0.2, 0.25) is 5.02 Å². The second kappa shape index (κ2) is 12.2. The molecular formula is C25H23ClF5N3O5-2. The van der Waals surface area contributed by atoms with Crippen LogP contribution < -0.4 is 26.2 Å². The molecule has 0 spiro atoms. The summed E-state index contributed by atoms with van der Waals surface area (Å²) in [7, 11) is 0. The number of carbonyl (C=O) groups is 3. The lowest BCUT2D eigenvalue weighted by Crippen LogP contribution is -2.46. The average molecular weight is 576 g/mol. The quantitative estimate of drug-likeness (QED) is 0.367.